The van der Waals surface area contributed by atoms with E-state index in [-0.39, 0.29) is 5.54 Å². The van der Waals surface area contributed by atoms with E-state index < -0.39 is 12.0 Å². The fourth-order valence-corrected chi connectivity index (χ4v) is 4.28. The second kappa shape index (κ2) is 4.85. The molecular weight excluding hydrogens is 276 g/mol. The van der Waals surface area contributed by atoms with E-state index in [4.69, 9.17) is 0 Å². The van der Waals surface area contributed by atoms with Gasteiger partial charge in [-0.15, -0.1) is 0 Å². The summed E-state index contributed by atoms with van der Waals surface area (Å²) in [4.78, 5) is 15.2. The van der Waals surface area contributed by atoms with Crippen molar-refractivity contribution in [2.75, 3.05) is 0 Å². The molecule has 1 aliphatic heterocycles. The lowest BCUT2D eigenvalue weighted by Crippen LogP contribution is -2.56. The molecule has 4 rings (SSSR count). The molecule has 0 radical (unpaired) electrons. The monoisotopic (exact) mass is 298 g/mol. The van der Waals surface area contributed by atoms with Crippen LogP contribution in [0.25, 0.3) is 10.9 Å². The molecule has 2 aromatic rings. The molecule has 1 saturated carbocycles. The molecule has 1 spiro atoms. The lowest BCUT2D eigenvalue weighted by atomic mass is 9.71. The van der Waals surface area contributed by atoms with Crippen LogP contribution in [0.3, 0.4) is 0 Å². The Labute approximate surface area is 129 Å². The van der Waals surface area contributed by atoms with Gasteiger partial charge in [0.15, 0.2) is 0 Å². The Morgan fingerprint density at radius 2 is 2.00 bits per heavy atom. The van der Waals surface area contributed by atoms with Crippen molar-refractivity contribution in [2.24, 2.45) is 5.92 Å². The fourth-order valence-electron chi connectivity index (χ4n) is 4.28. The molecule has 2 heterocycles. The predicted octanol–water partition coefficient (Wildman–Crippen LogP) is 3.17. The van der Waals surface area contributed by atoms with Crippen LogP contribution >= 0.6 is 0 Å². The number of aromatic nitrogens is 1. The first kappa shape index (κ1) is 13.8. The van der Waals surface area contributed by atoms with E-state index in [2.05, 4.69) is 29.4 Å². The number of aliphatic carboxylic acids is 1. The van der Waals surface area contributed by atoms with Crippen molar-refractivity contribution >= 4 is 16.9 Å². The first-order chi connectivity index (χ1) is 10.6. The highest BCUT2D eigenvalue weighted by Gasteiger charge is 2.45. The molecule has 116 valence electrons. The van der Waals surface area contributed by atoms with E-state index in [9.17, 15) is 9.90 Å². The minimum Gasteiger partial charge on any atom is -0.480 e. The highest BCUT2D eigenvalue weighted by Crippen LogP contribution is 2.45. The van der Waals surface area contributed by atoms with E-state index in [1.165, 1.54) is 16.6 Å². The average Bonchev–Trinajstić information content (AvgIpc) is 2.90. The Balaban J connectivity index is 1.88. The summed E-state index contributed by atoms with van der Waals surface area (Å²) in [5.41, 5.74) is 3.37. The van der Waals surface area contributed by atoms with Crippen molar-refractivity contribution in [3.8, 4) is 0 Å². The molecule has 3 N–H and O–H groups in total. The second-order valence-corrected chi connectivity index (χ2v) is 7.03. The molecule has 22 heavy (non-hydrogen) atoms. The smallest absolute Gasteiger partial charge is 0.321 e. The van der Waals surface area contributed by atoms with Gasteiger partial charge in [-0.1, -0.05) is 25.1 Å². The summed E-state index contributed by atoms with van der Waals surface area (Å²) in [6.45, 7) is 2.29. The van der Waals surface area contributed by atoms with Crippen LogP contribution in [0.4, 0.5) is 0 Å². The normalized spacial score (nSPS) is 31.3. The van der Waals surface area contributed by atoms with Crippen molar-refractivity contribution in [3.05, 3.63) is 35.5 Å². The molecule has 1 aromatic heterocycles. The number of rotatable bonds is 1. The molecule has 1 aliphatic carbocycles. The summed E-state index contributed by atoms with van der Waals surface area (Å²) in [7, 11) is 0. The largest absolute Gasteiger partial charge is 0.480 e. The lowest BCUT2D eigenvalue weighted by Gasteiger charge is -2.45. The molecule has 0 saturated heterocycles. The first-order valence-electron chi connectivity index (χ1n) is 8.20. The van der Waals surface area contributed by atoms with Crippen LogP contribution in [0.2, 0.25) is 0 Å². The molecule has 1 atom stereocenters. The highest BCUT2D eigenvalue weighted by molar-refractivity contribution is 5.87. The van der Waals surface area contributed by atoms with Gasteiger partial charge in [0.05, 0.1) is 5.54 Å². The van der Waals surface area contributed by atoms with Gasteiger partial charge in [-0.25, -0.2) is 0 Å². The number of carboxylic acid groups (broad SMARTS) is 1. The molecule has 1 fully saturated rings. The van der Waals surface area contributed by atoms with Gasteiger partial charge in [0.1, 0.15) is 6.04 Å². The third-order valence-electron chi connectivity index (χ3n) is 5.58. The Morgan fingerprint density at radius 1 is 1.27 bits per heavy atom. The number of aromatic amines is 1. The number of hydrogen-bond donors (Lipinski definition) is 3. The van der Waals surface area contributed by atoms with Crippen molar-refractivity contribution in [2.45, 2.75) is 50.6 Å². The third-order valence-corrected chi connectivity index (χ3v) is 5.58. The number of hydrogen-bond acceptors (Lipinski definition) is 2. The van der Waals surface area contributed by atoms with Crippen LogP contribution in [-0.4, -0.2) is 22.1 Å². The SMILES string of the molecule is CC1CCC2(CC1)N[C@H](C(=O)O)Cc1c2[nH]c2ccccc12. The maximum Gasteiger partial charge on any atom is 0.321 e. The number of nitrogens with one attached hydrogen (secondary N) is 2. The molecule has 0 bridgehead atoms. The third kappa shape index (κ3) is 1.97. The van der Waals surface area contributed by atoms with Gasteiger partial charge in [-0.05, 0) is 43.2 Å². The summed E-state index contributed by atoms with van der Waals surface area (Å²) in [5, 5.41) is 14.2. The van der Waals surface area contributed by atoms with Crippen molar-refractivity contribution in [1.82, 2.24) is 10.3 Å². The molecule has 4 nitrogen and oxygen atoms in total. The first-order valence-corrected chi connectivity index (χ1v) is 8.20. The lowest BCUT2D eigenvalue weighted by molar-refractivity contribution is -0.140. The van der Waals surface area contributed by atoms with E-state index in [1.54, 1.807) is 0 Å². The zero-order chi connectivity index (χ0) is 15.3. The van der Waals surface area contributed by atoms with Gasteiger partial charge in [-0.2, -0.15) is 0 Å². The van der Waals surface area contributed by atoms with Crippen molar-refractivity contribution < 1.29 is 9.90 Å². The van der Waals surface area contributed by atoms with Gasteiger partial charge < -0.3 is 10.1 Å². The molecule has 0 amide bonds. The average molecular weight is 298 g/mol. The van der Waals surface area contributed by atoms with Crippen molar-refractivity contribution in [1.29, 1.82) is 0 Å². The maximum atomic E-state index is 11.6. The Hall–Kier alpha value is -1.81. The Morgan fingerprint density at radius 3 is 2.73 bits per heavy atom. The summed E-state index contributed by atoms with van der Waals surface area (Å²) < 4.78 is 0. The van der Waals surface area contributed by atoms with E-state index >= 15 is 0 Å². The predicted molar refractivity (Wildman–Crippen MR) is 85.9 cm³/mol. The standard InChI is InChI=1S/C18H22N2O2/c1-11-6-8-18(9-7-11)16-13(10-15(20-18)17(21)22)12-4-2-3-5-14(12)19-16/h2-5,11,15,19-20H,6-10H2,1H3,(H,21,22)/t11?,15-,18?/m0/s1. The molecule has 4 heteroatoms. The van der Waals surface area contributed by atoms with Crippen LogP contribution in [0.1, 0.15) is 43.9 Å². The summed E-state index contributed by atoms with van der Waals surface area (Å²) in [6, 6.07) is 7.77. The second-order valence-electron chi connectivity index (χ2n) is 7.03. The van der Waals surface area contributed by atoms with Gasteiger partial charge in [0.25, 0.3) is 0 Å². The van der Waals surface area contributed by atoms with E-state index in [0.717, 1.165) is 37.1 Å². The fraction of sp³-hybridized carbons (Fsp3) is 0.500. The molecule has 1 aromatic carbocycles. The molecule has 2 aliphatic rings. The zero-order valence-electron chi connectivity index (χ0n) is 12.9. The minimum absolute atomic E-state index is 0.192. The number of benzene rings is 1. The van der Waals surface area contributed by atoms with Gasteiger partial charge in [-0.3, -0.25) is 10.1 Å². The van der Waals surface area contributed by atoms with Crippen LogP contribution in [0, 0.1) is 5.92 Å². The minimum atomic E-state index is -0.742. The number of carbonyl (C=O) groups is 1. The number of carboxylic acids is 1. The van der Waals surface area contributed by atoms with E-state index in [1.807, 2.05) is 12.1 Å². The quantitative estimate of drug-likeness (QED) is 0.757. The van der Waals surface area contributed by atoms with Crippen molar-refractivity contribution in [3.63, 3.8) is 0 Å². The topological polar surface area (TPSA) is 65.1 Å². The maximum absolute atomic E-state index is 11.6. The van der Waals surface area contributed by atoms with Crippen LogP contribution in [0.5, 0.6) is 0 Å². The van der Waals surface area contributed by atoms with Gasteiger partial charge in [0.2, 0.25) is 0 Å². The van der Waals surface area contributed by atoms with E-state index in [0.29, 0.717) is 6.42 Å². The van der Waals surface area contributed by atoms with Gasteiger partial charge in [0, 0.05) is 23.0 Å². The Kier molecular flexibility index (Phi) is 3.05. The Bertz CT molecular complexity index is 726. The molecule has 0 unspecified atom stereocenters. The molecular formula is C18H22N2O2. The van der Waals surface area contributed by atoms with Gasteiger partial charge >= 0.3 is 5.97 Å². The highest BCUT2D eigenvalue weighted by atomic mass is 16.4. The van der Waals surface area contributed by atoms with Crippen LogP contribution < -0.4 is 5.32 Å². The summed E-state index contributed by atoms with van der Waals surface area (Å²) >= 11 is 0. The number of fused-ring (bicyclic) bond motifs is 4. The number of para-hydroxylation sites is 1. The summed E-state index contributed by atoms with van der Waals surface area (Å²) in [6.07, 6.45) is 4.88. The van der Waals surface area contributed by atoms with Crippen LogP contribution in [0.15, 0.2) is 24.3 Å². The zero-order valence-corrected chi connectivity index (χ0v) is 12.9. The number of H-pyrrole nitrogens is 1. The summed E-state index contributed by atoms with van der Waals surface area (Å²) in [5.74, 6) is -0.0145. The van der Waals surface area contributed by atoms with Crippen LogP contribution in [-0.2, 0) is 16.8 Å².